The van der Waals surface area contributed by atoms with Crippen molar-refractivity contribution in [3.8, 4) is 0 Å². The Bertz CT molecular complexity index is 1360. The van der Waals surface area contributed by atoms with E-state index in [9.17, 15) is 4.79 Å². The predicted octanol–water partition coefficient (Wildman–Crippen LogP) is 3.98. The van der Waals surface area contributed by atoms with Gasteiger partial charge in [0.15, 0.2) is 5.43 Å². The van der Waals surface area contributed by atoms with Crippen LogP contribution in [0.25, 0.3) is 32.3 Å². The molecule has 0 bridgehead atoms. The van der Waals surface area contributed by atoms with Crippen LogP contribution in [0, 0.1) is 0 Å². The zero-order chi connectivity index (χ0) is 24.4. The lowest BCUT2D eigenvalue weighted by atomic mass is 9.76. The fourth-order valence-electron chi connectivity index (χ4n) is 5.11. The maximum absolute atomic E-state index is 13.7. The average Bonchev–Trinajstić information content (AvgIpc) is 3.24. The summed E-state index contributed by atoms with van der Waals surface area (Å²) in [4.78, 5) is 13.7. The van der Waals surface area contributed by atoms with Gasteiger partial charge in [0, 0.05) is 21.5 Å². The molecule has 0 N–H and O–H groups in total. The molecule has 0 amide bonds. The third-order valence-corrected chi connectivity index (χ3v) is 8.61. The smallest absolute Gasteiger partial charge is 0.399 e. The van der Waals surface area contributed by atoms with Crippen LogP contribution < -0.4 is 16.4 Å². The van der Waals surface area contributed by atoms with Crippen LogP contribution in [0.3, 0.4) is 0 Å². The Morgan fingerprint density at radius 1 is 0.559 bits per heavy atom. The standard InChI is InChI=1S/C27H30B2O5/c1-24(2)25(3,4)32-28(31-24)17-11-15-9-10-16-12-18(29-33-26(5,6)27(7,8)34-29)14-20-22(16)21(15)19(13-17)23(20)30/h9-14H,1-8H3. The molecule has 2 fully saturated rings. The van der Waals surface area contributed by atoms with Gasteiger partial charge in [0.2, 0.25) is 0 Å². The molecule has 0 saturated carbocycles. The van der Waals surface area contributed by atoms with Crippen LogP contribution in [0.4, 0.5) is 0 Å². The van der Waals surface area contributed by atoms with Gasteiger partial charge in [0.1, 0.15) is 0 Å². The van der Waals surface area contributed by atoms with E-state index in [1.807, 2.05) is 67.5 Å². The minimum absolute atomic E-state index is 0.0212. The van der Waals surface area contributed by atoms with Gasteiger partial charge in [-0.2, -0.15) is 0 Å². The molecule has 0 aromatic heterocycles. The molecule has 34 heavy (non-hydrogen) atoms. The van der Waals surface area contributed by atoms with Gasteiger partial charge in [-0.3, -0.25) is 4.79 Å². The highest BCUT2D eigenvalue weighted by molar-refractivity contribution is 6.63. The van der Waals surface area contributed by atoms with Crippen molar-refractivity contribution in [2.45, 2.75) is 77.8 Å². The summed E-state index contributed by atoms with van der Waals surface area (Å²) >= 11 is 0. The third kappa shape index (κ3) is 2.87. The molecule has 0 unspecified atom stereocenters. The second-order valence-corrected chi connectivity index (χ2v) is 11.9. The Balaban J connectivity index is 1.51. The third-order valence-electron chi connectivity index (χ3n) is 8.61. The van der Waals surface area contributed by atoms with E-state index < -0.39 is 36.6 Å². The normalized spacial score (nSPS) is 23.2. The second kappa shape index (κ2) is 6.52. The van der Waals surface area contributed by atoms with E-state index in [-0.39, 0.29) is 5.43 Å². The summed E-state index contributed by atoms with van der Waals surface area (Å²) in [6.07, 6.45) is 0. The van der Waals surface area contributed by atoms with Crippen molar-refractivity contribution in [3.63, 3.8) is 0 Å². The topological polar surface area (TPSA) is 54.0 Å². The molecule has 0 radical (unpaired) electrons. The molecule has 2 saturated heterocycles. The SMILES string of the molecule is CC1(C)OB(c2cc3ccc4cc(B5OC(C)(C)C(C)(C)O5)cc5c(=O)c(c2)c3c45)OC1(C)C. The summed E-state index contributed by atoms with van der Waals surface area (Å²) < 4.78 is 25.1. The molecule has 6 rings (SSSR count). The number of hydrogen-bond acceptors (Lipinski definition) is 5. The van der Waals surface area contributed by atoms with E-state index in [4.69, 9.17) is 18.6 Å². The molecule has 2 aliphatic heterocycles. The van der Waals surface area contributed by atoms with Crippen molar-refractivity contribution < 1.29 is 18.6 Å². The molecular weight excluding hydrogens is 426 g/mol. The van der Waals surface area contributed by atoms with E-state index in [2.05, 4.69) is 24.3 Å². The van der Waals surface area contributed by atoms with Gasteiger partial charge in [-0.1, -0.05) is 36.4 Å². The van der Waals surface area contributed by atoms with Crippen LogP contribution in [0.1, 0.15) is 55.4 Å². The monoisotopic (exact) mass is 456 g/mol. The maximum atomic E-state index is 13.7. The van der Waals surface area contributed by atoms with Crippen LogP contribution in [-0.4, -0.2) is 36.6 Å². The Labute approximate surface area is 200 Å². The second-order valence-electron chi connectivity index (χ2n) is 11.9. The largest absolute Gasteiger partial charge is 0.494 e. The van der Waals surface area contributed by atoms with Crippen molar-refractivity contribution in [1.29, 1.82) is 0 Å². The molecule has 0 aliphatic carbocycles. The summed E-state index contributed by atoms with van der Waals surface area (Å²) in [6, 6.07) is 12.2. The highest BCUT2D eigenvalue weighted by Crippen LogP contribution is 2.39. The number of rotatable bonds is 2. The van der Waals surface area contributed by atoms with Gasteiger partial charge in [-0.05, 0) is 77.1 Å². The molecular formula is C27H30B2O5. The minimum atomic E-state index is -0.516. The van der Waals surface area contributed by atoms with Crippen LogP contribution in [0.2, 0.25) is 0 Å². The van der Waals surface area contributed by atoms with E-state index in [0.29, 0.717) is 10.8 Å². The summed E-state index contributed by atoms with van der Waals surface area (Å²) in [5.41, 5.74) is -0.0133. The molecule has 2 aliphatic rings. The van der Waals surface area contributed by atoms with Crippen LogP contribution >= 0.6 is 0 Å². The Morgan fingerprint density at radius 2 is 0.882 bits per heavy atom. The molecule has 4 aromatic carbocycles. The first kappa shape index (κ1) is 22.3. The van der Waals surface area contributed by atoms with Crippen molar-refractivity contribution in [2.75, 3.05) is 0 Å². The van der Waals surface area contributed by atoms with E-state index in [1.54, 1.807) is 0 Å². The fraction of sp³-hybridized carbons (Fsp3) is 0.444. The number of hydrogen-bond donors (Lipinski definition) is 0. The molecule has 0 atom stereocenters. The molecule has 5 nitrogen and oxygen atoms in total. The summed E-state index contributed by atoms with van der Waals surface area (Å²) in [5.74, 6) is 0. The summed E-state index contributed by atoms with van der Waals surface area (Å²) in [7, 11) is -1.03. The van der Waals surface area contributed by atoms with Gasteiger partial charge in [-0.15, -0.1) is 0 Å². The van der Waals surface area contributed by atoms with E-state index in [1.165, 1.54) is 0 Å². The lowest BCUT2D eigenvalue weighted by Crippen LogP contribution is -2.41. The Hall–Kier alpha value is -2.18. The minimum Gasteiger partial charge on any atom is -0.399 e. The van der Waals surface area contributed by atoms with E-state index in [0.717, 1.165) is 32.5 Å². The lowest BCUT2D eigenvalue weighted by molar-refractivity contribution is 0.00578. The lowest BCUT2D eigenvalue weighted by Gasteiger charge is -2.32. The average molecular weight is 456 g/mol. The zero-order valence-corrected chi connectivity index (χ0v) is 21.2. The zero-order valence-electron chi connectivity index (χ0n) is 21.2. The Kier molecular flexibility index (Phi) is 4.28. The summed E-state index contributed by atoms with van der Waals surface area (Å²) in [6.45, 7) is 16.3. The summed E-state index contributed by atoms with van der Waals surface area (Å²) in [5, 5.41) is 5.44. The Morgan fingerprint density at radius 3 is 1.21 bits per heavy atom. The van der Waals surface area contributed by atoms with E-state index >= 15 is 0 Å². The van der Waals surface area contributed by atoms with Crippen LogP contribution in [0.15, 0.2) is 41.2 Å². The van der Waals surface area contributed by atoms with Crippen molar-refractivity contribution in [3.05, 3.63) is 46.6 Å². The molecule has 0 spiro atoms. The molecule has 7 heteroatoms. The van der Waals surface area contributed by atoms with Gasteiger partial charge < -0.3 is 18.6 Å². The molecule has 2 heterocycles. The first-order chi connectivity index (χ1) is 15.7. The first-order valence-electron chi connectivity index (χ1n) is 12.0. The predicted molar refractivity (Wildman–Crippen MR) is 139 cm³/mol. The first-order valence-corrected chi connectivity index (χ1v) is 12.0. The molecule has 174 valence electrons. The van der Waals surface area contributed by atoms with Gasteiger partial charge in [0.25, 0.3) is 0 Å². The van der Waals surface area contributed by atoms with Gasteiger partial charge in [0.05, 0.1) is 22.4 Å². The van der Waals surface area contributed by atoms with Gasteiger partial charge >= 0.3 is 14.2 Å². The highest BCUT2D eigenvalue weighted by atomic mass is 16.7. The quantitative estimate of drug-likeness (QED) is 0.338. The van der Waals surface area contributed by atoms with Gasteiger partial charge in [-0.25, -0.2) is 0 Å². The van der Waals surface area contributed by atoms with Crippen LogP contribution in [0.5, 0.6) is 0 Å². The van der Waals surface area contributed by atoms with Crippen molar-refractivity contribution >= 4 is 57.5 Å². The van der Waals surface area contributed by atoms with Crippen molar-refractivity contribution in [1.82, 2.24) is 0 Å². The van der Waals surface area contributed by atoms with Crippen molar-refractivity contribution in [2.24, 2.45) is 0 Å². The number of benzene rings is 3. The fourth-order valence-corrected chi connectivity index (χ4v) is 5.11. The van der Waals surface area contributed by atoms with Crippen LogP contribution in [-0.2, 0) is 18.6 Å². The molecule has 4 aromatic rings. The highest BCUT2D eigenvalue weighted by Gasteiger charge is 2.53. The maximum Gasteiger partial charge on any atom is 0.494 e.